The van der Waals surface area contributed by atoms with Gasteiger partial charge in [-0.05, 0) is 41.8 Å². The Morgan fingerprint density at radius 2 is 1.48 bits per heavy atom. The molecule has 3 aromatic rings. The van der Waals surface area contributed by atoms with Gasteiger partial charge in [-0.3, -0.25) is 4.79 Å². The maximum atomic E-state index is 11.7. The number of aromatic hydroxyl groups is 1. The Labute approximate surface area is 135 Å². The highest BCUT2D eigenvalue weighted by atomic mass is 16.3. The second-order valence-corrected chi connectivity index (χ2v) is 5.37. The molecular weight excluding hydrogens is 286 g/mol. The van der Waals surface area contributed by atoms with Crippen molar-refractivity contribution in [3.8, 4) is 5.75 Å². The first-order valence-electron chi connectivity index (χ1n) is 7.44. The monoisotopic (exact) mass is 303 g/mol. The van der Waals surface area contributed by atoms with E-state index in [-0.39, 0.29) is 11.7 Å². The lowest BCUT2D eigenvalue weighted by Crippen LogP contribution is -2.11. The maximum absolute atomic E-state index is 11.7. The quantitative estimate of drug-likeness (QED) is 0.582. The zero-order chi connectivity index (χ0) is 16.1. The number of benzene rings is 3. The smallest absolute Gasteiger partial charge is 0.255 e. The van der Waals surface area contributed by atoms with Gasteiger partial charge >= 0.3 is 0 Å². The number of phenols is 1. The van der Waals surface area contributed by atoms with E-state index < -0.39 is 0 Å². The van der Waals surface area contributed by atoms with Crippen molar-refractivity contribution in [1.82, 2.24) is 0 Å². The van der Waals surface area contributed by atoms with Gasteiger partial charge in [-0.2, -0.15) is 0 Å². The SMILES string of the molecule is O=C(Nc1cccc(O)c1)c1ccccc1.c1cc2cc(c1)C2. The van der Waals surface area contributed by atoms with Crippen LogP contribution in [0.3, 0.4) is 0 Å². The van der Waals surface area contributed by atoms with Gasteiger partial charge in [0.15, 0.2) is 0 Å². The number of rotatable bonds is 2. The number of hydrogen-bond donors (Lipinski definition) is 2. The van der Waals surface area contributed by atoms with E-state index in [2.05, 4.69) is 29.6 Å². The Morgan fingerprint density at radius 3 is 2.00 bits per heavy atom. The highest BCUT2D eigenvalue weighted by Gasteiger charge is 2.05. The van der Waals surface area contributed by atoms with Crippen molar-refractivity contribution in [3.05, 3.63) is 95.6 Å². The Bertz CT molecular complexity index is 788. The molecule has 0 aliphatic heterocycles. The van der Waals surface area contributed by atoms with Gasteiger partial charge < -0.3 is 10.4 Å². The molecule has 0 spiro atoms. The van der Waals surface area contributed by atoms with Gasteiger partial charge in [-0.25, -0.2) is 0 Å². The van der Waals surface area contributed by atoms with Crippen LogP contribution in [0.5, 0.6) is 5.75 Å². The topological polar surface area (TPSA) is 49.3 Å². The zero-order valence-corrected chi connectivity index (χ0v) is 12.6. The first kappa shape index (κ1) is 14.9. The average molecular weight is 303 g/mol. The third-order valence-electron chi connectivity index (χ3n) is 3.54. The first-order valence-corrected chi connectivity index (χ1v) is 7.44. The van der Waals surface area contributed by atoms with Crippen molar-refractivity contribution in [1.29, 1.82) is 0 Å². The molecular formula is C20H17NO2. The van der Waals surface area contributed by atoms with Crippen LogP contribution in [-0.4, -0.2) is 11.0 Å². The van der Waals surface area contributed by atoms with Gasteiger partial charge in [0.25, 0.3) is 5.91 Å². The molecule has 0 atom stereocenters. The van der Waals surface area contributed by atoms with E-state index in [1.807, 2.05) is 6.07 Å². The van der Waals surface area contributed by atoms with Crippen LogP contribution in [0.1, 0.15) is 21.5 Å². The molecule has 3 nitrogen and oxygen atoms in total. The molecule has 0 unspecified atom stereocenters. The predicted molar refractivity (Wildman–Crippen MR) is 91.8 cm³/mol. The number of anilines is 1. The van der Waals surface area contributed by atoms with Crippen LogP contribution in [0.15, 0.2) is 78.9 Å². The molecule has 0 saturated heterocycles. The molecule has 2 bridgehead atoms. The zero-order valence-electron chi connectivity index (χ0n) is 12.6. The number of carbonyl (C=O) groups excluding carboxylic acids is 1. The molecule has 2 aliphatic rings. The Kier molecular flexibility index (Phi) is 4.39. The van der Waals surface area contributed by atoms with Crippen molar-refractivity contribution in [2.75, 3.05) is 5.32 Å². The summed E-state index contributed by atoms with van der Waals surface area (Å²) in [4.78, 5) is 11.7. The molecule has 114 valence electrons. The minimum absolute atomic E-state index is 0.130. The molecule has 3 heteroatoms. The summed E-state index contributed by atoms with van der Waals surface area (Å²) in [5.41, 5.74) is 4.13. The van der Waals surface area contributed by atoms with Crippen molar-refractivity contribution < 1.29 is 9.90 Å². The summed E-state index contributed by atoms with van der Waals surface area (Å²) in [6.45, 7) is 0. The molecule has 0 heterocycles. The van der Waals surface area contributed by atoms with Gasteiger partial charge in [-0.1, -0.05) is 48.5 Å². The highest BCUT2D eigenvalue weighted by molar-refractivity contribution is 6.04. The lowest BCUT2D eigenvalue weighted by molar-refractivity contribution is 0.102. The highest BCUT2D eigenvalue weighted by Crippen LogP contribution is 2.19. The molecule has 2 aliphatic carbocycles. The van der Waals surface area contributed by atoms with E-state index in [1.165, 1.54) is 23.6 Å². The normalized spacial score (nSPS) is 10.8. The molecule has 0 fully saturated rings. The van der Waals surface area contributed by atoms with E-state index in [4.69, 9.17) is 0 Å². The molecule has 0 aromatic heterocycles. The van der Waals surface area contributed by atoms with E-state index in [9.17, 15) is 9.90 Å². The largest absolute Gasteiger partial charge is 0.508 e. The number of carbonyl (C=O) groups is 1. The van der Waals surface area contributed by atoms with Gasteiger partial charge in [0, 0.05) is 17.3 Å². The van der Waals surface area contributed by atoms with Crippen molar-refractivity contribution in [2.45, 2.75) is 6.42 Å². The van der Waals surface area contributed by atoms with E-state index >= 15 is 0 Å². The van der Waals surface area contributed by atoms with Crippen LogP contribution in [0.4, 0.5) is 5.69 Å². The van der Waals surface area contributed by atoms with Crippen LogP contribution < -0.4 is 5.32 Å². The molecule has 23 heavy (non-hydrogen) atoms. The first-order chi connectivity index (χ1) is 11.2. The number of nitrogens with one attached hydrogen (secondary N) is 1. The van der Waals surface area contributed by atoms with Crippen molar-refractivity contribution in [3.63, 3.8) is 0 Å². The lowest BCUT2D eigenvalue weighted by atomic mass is 9.94. The van der Waals surface area contributed by atoms with Gasteiger partial charge in [0.05, 0.1) is 0 Å². The third kappa shape index (κ3) is 3.98. The fourth-order valence-electron chi connectivity index (χ4n) is 2.33. The summed E-state index contributed by atoms with van der Waals surface area (Å²) >= 11 is 0. The van der Waals surface area contributed by atoms with Crippen molar-refractivity contribution >= 4 is 11.6 Å². The summed E-state index contributed by atoms with van der Waals surface area (Å²) in [6.07, 6.45) is 1.22. The molecule has 0 saturated carbocycles. The molecule has 2 N–H and O–H groups in total. The number of phenolic OH excluding ortho intramolecular Hbond substituents is 1. The fraction of sp³-hybridized carbons (Fsp3) is 0.0500. The van der Waals surface area contributed by atoms with Crippen LogP contribution in [-0.2, 0) is 6.42 Å². The van der Waals surface area contributed by atoms with E-state index in [1.54, 1.807) is 42.5 Å². The minimum Gasteiger partial charge on any atom is -0.508 e. The van der Waals surface area contributed by atoms with E-state index in [0.29, 0.717) is 11.3 Å². The summed E-state index contributed by atoms with van der Waals surface area (Å²) in [7, 11) is 0. The van der Waals surface area contributed by atoms with Gasteiger partial charge in [-0.15, -0.1) is 0 Å². The third-order valence-corrected chi connectivity index (χ3v) is 3.54. The summed E-state index contributed by atoms with van der Waals surface area (Å²) in [5, 5.41) is 11.9. The van der Waals surface area contributed by atoms with Crippen LogP contribution in [0, 0.1) is 0 Å². The average Bonchev–Trinajstić information content (AvgIpc) is 2.56. The summed E-state index contributed by atoms with van der Waals surface area (Å²) < 4.78 is 0. The second kappa shape index (κ2) is 6.79. The van der Waals surface area contributed by atoms with Crippen LogP contribution >= 0.6 is 0 Å². The Morgan fingerprint density at radius 1 is 0.826 bits per heavy atom. The van der Waals surface area contributed by atoms with Gasteiger partial charge in [0.2, 0.25) is 0 Å². The molecule has 5 rings (SSSR count). The molecule has 3 aromatic carbocycles. The fourth-order valence-corrected chi connectivity index (χ4v) is 2.33. The molecule has 0 radical (unpaired) electrons. The number of fused-ring (bicyclic) bond motifs is 2. The minimum atomic E-state index is -0.189. The predicted octanol–water partition coefficient (Wildman–Crippen LogP) is 4.24. The standard InChI is InChI=1S/C13H11NO2.C7H6/c15-12-8-4-7-11(9-12)14-13(16)10-5-2-1-3-6-10;1-2-6-4-7(3-1)5-6/h1-9,15H,(H,14,16);1-4H,5H2. The van der Waals surface area contributed by atoms with Gasteiger partial charge in [0.1, 0.15) is 5.75 Å². The van der Waals surface area contributed by atoms with Crippen LogP contribution in [0.25, 0.3) is 0 Å². The maximum Gasteiger partial charge on any atom is 0.255 e. The Balaban J connectivity index is 0.000000183. The Hall–Kier alpha value is -3.07. The summed E-state index contributed by atoms with van der Waals surface area (Å²) in [5.74, 6) is -0.0583. The van der Waals surface area contributed by atoms with E-state index in [0.717, 1.165) is 0 Å². The lowest BCUT2D eigenvalue weighted by Gasteiger charge is -2.11. The van der Waals surface area contributed by atoms with Crippen LogP contribution in [0.2, 0.25) is 0 Å². The second-order valence-electron chi connectivity index (χ2n) is 5.37. The van der Waals surface area contributed by atoms with Crippen molar-refractivity contribution in [2.24, 2.45) is 0 Å². The summed E-state index contributed by atoms with van der Waals surface area (Å²) in [6, 6.07) is 24.0. The number of hydrogen-bond acceptors (Lipinski definition) is 2. The molecule has 1 amide bonds. The number of amides is 1.